The van der Waals surface area contributed by atoms with Crippen molar-refractivity contribution in [2.75, 3.05) is 6.61 Å². The molecule has 1 heteroatoms. The van der Waals surface area contributed by atoms with Gasteiger partial charge in [0, 0.05) is 0 Å². The van der Waals surface area contributed by atoms with Gasteiger partial charge in [-0.15, -0.1) is 0 Å². The predicted molar refractivity (Wildman–Crippen MR) is 91.7 cm³/mol. The molecule has 0 spiro atoms. The van der Waals surface area contributed by atoms with E-state index >= 15 is 0 Å². The topological polar surface area (TPSA) is 9.23 Å². The van der Waals surface area contributed by atoms with Crippen molar-refractivity contribution in [3.8, 4) is 5.75 Å². The molecule has 21 heavy (non-hydrogen) atoms. The monoisotopic (exact) mass is 286 g/mol. The second-order valence-electron chi connectivity index (χ2n) is 6.18. The van der Waals surface area contributed by atoms with Crippen LogP contribution in [0.3, 0.4) is 0 Å². The Morgan fingerprint density at radius 3 is 2.48 bits per heavy atom. The maximum atomic E-state index is 5.51. The van der Waals surface area contributed by atoms with E-state index in [1.54, 1.807) is 0 Å². The summed E-state index contributed by atoms with van der Waals surface area (Å²) in [7, 11) is 0. The van der Waals surface area contributed by atoms with Crippen LogP contribution in [0, 0.1) is 5.92 Å². The molecular weight excluding hydrogens is 256 g/mol. The number of allylic oxidation sites excluding steroid dienone is 2. The van der Waals surface area contributed by atoms with Crippen LogP contribution in [0.1, 0.15) is 70.8 Å². The van der Waals surface area contributed by atoms with Crippen molar-refractivity contribution in [3.05, 3.63) is 35.9 Å². The van der Waals surface area contributed by atoms with Crippen LogP contribution in [0.5, 0.6) is 5.75 Å². The minimum absolute atomic E-state index is 0.738. The SMILES string of the molecule is CCCCCCC1CC=C(c2ccc(OCC)cc2)CC1. The van der Waals surface area contributed by atoms with Crippen molar-refractivity contribution in [1.29, 1.82) is 0 Å². The molecule has 1 unspecified atom stereocenters. The van der Waals surface area contributed by atoms with Crippen LogP contribution in [-0.2, 0) is 0 Å². The number of hydrogen-bond donors (Lipinski definition) is 0. The predicted octanol–water partition coefficient (Wildman–Crippen LogP) is 6.24. The molecule has 1 aromatic carbocycles. The van der Waals surface area contributed by atoms with Gasteiger partial charge in [-0.25, -0.2) is 0 Å². The number of benzene rings is 1. The maximum absolute atomic E-state index is 5.51. The standard InChI is InChI=1S/C20H30O/c1-3-5-6-7-8-17-9-11-18(12-10-17)19-13-15-20(16-14-19)21-4-2/h11,13-17H,3-10,12H2,1-2H3. The molecule has 0 saturated carbocycles. The van der Waals surface area contributed by atoms with Gasteiger partial charge in [0.25, 0.3) is 0 Å². The highest BCUT2D eigenvalue weighted by Gasteiger charge is 2.15. The molecule has 0 aromatic heterocycles. The molecule has 116 valence electrons. The minimum atomic E-state index is 0.738. The lowest BCUT2D eigenvalue weighted by atomic mass is 9.84. The number of rotatable bonds is 8. The van der Waals surface area contributed by atoms with Gasteiger partial charge in [-0.2, -0.15) is 0 Å². The molecule has 0 amide bonds. The first-order valence-electron chi connectivity index (χ1n) is 8.75. The van der Waals surface area contributed by atoms with E-state index in [4.69, 9.17) is 4.74 Å². The average molecular weight is 286 g/mol. The molecule has 0 aliphatic heterocycles. The highest BCUT2D eigenvalue weighted by Crippen LogP contribution is 2.33. The summed E-state index contributed by atoms with van der Waals surface area (Å²) in [5.41, 5.74) is 2.91. The Balaban J connectivity index is 1.81. The van der Waals surface area contributed by atoms with Gasteiger partial charge in [0.2, 0.25) is 0 Å². The van der Waals surface area contributed by atoms with Crippen molar-refractivity contribution in [1.82, 2.24) is 0 Å². The molecule has 0 N–H and O–H groups in total. The summed E-state index contributed by atoms with van der Waals surface area (Å²) in [6.45, 7) is 5.05. The van der Waals surface area contributed by atoms with Crippen LogP contribution in [0.2, 0.25) is 0 Å². The van der Waals surface area contributed by atoms with Crippen LogP contribution >= 0.6 is 0 Å². The third-order valence-corrected chi connectivity index (χ3v) is 4.52. The first kappa shape index (κ1) is 16.1. The Bertz CT molecular complexity index is 430. The fraction of sp³-hybridized carbons (Fsp3) is 0.600. The second kappa shape index (κ2) is 8.92. The smallest absolute Gasteiger partial charge is 0.119 e. The van der Waals surface area contributed by atoms with Crippen LogP contribution < -0.4 is 4.74 Å². The van der Waals surface area contributed by atoms with E-state index in [1.807, 2.05) is 6.92 Å². The summed E-state index contributed by atoms with van der Waals surface area (Å²) >= 11 is 0. The minimum Gasteiger partial charge on any atom is -0.494 e. The summed E-state index contributed by atoms with van der Waals surface area (Å²) < 4.78 is 5.51. The van der Waals surface area contributed by atoms with E-state index in [2.05, 4.69) is 37.3 Å². The van der Waals surface area contributed by atoms with Crippen molar-refractivity contribution in [2.45, 2.75) is 65.2 Å². The van der Waals surface area contributed by atoms with Crippen LogP contribution in [0.4, 0.5) is 0 Å². The van der Waals surface area contributed by atoms with E-state index < -0.39 is 0 Å². The normalized spacial score (nSPS) is 18.4. The van der Waals surface area contributed by atoms with E-state index in [0.717, 1.165) is 18.3 Å². The zero-order valence-corrected chi connectivity index (χ0v) is 13.7. The van der Waals surface area contributed by atoms with Gasteiger partial charge in [-0.1, -0.05) is 57.2 Å². The number of unbranched alkanes of at least 4 members (excludes halogenated alkanes) is 3. The zero-order chi connectivity index (χ0) is 14.9. The van der Waals surface area contributed by atoms with Gasteiger partial charge in [0.1, 0.15) is 5.75 Å². The van der Waals surface area contributed by atoms with Crippen molar-refractivity contribution >= 4 is 5.57 Å². The summed E-state index contributed by atoms with van der Waals surface area (Å²) in [6, 6.07) is 8.60. The van der Waals surface area contributed by atoms with E-state index in [1.165, 1.54) is 62.5 Å². The third kappa shape index (κ3) is 5.22. The fourth-order valence-corrected chi connectivity index (χ4v) is 3.20. The molecule has 2 rings (SSSR count). The Labute approximate surface area is 130 Å². The fourth-order valence-electron chi connectivity index (χ4n) is 3.20. The zero-order valence-electron chi connectivity index (χ0n) is 13.7. The number of hydrogen-bond acceptors (Lipinski definition) is 1. The van der Waals surface area contributed by atoms with Gasteiger partial charge in [0.15, 0.2) is 0 Å². The highest BCUT2D eigenvalue weighted by molar-refractivity contribution is 5.66. The van der Waals surface area contributed by atoms with E-state index in [-0.39, 0.29) is 0 Å². The van der Waals surface area contributed by atoms with E-state index in [0.29, 0.717) is 0 Å². The Hall–Kier alpha value is -1.24. The Morgan fingerprint density at radius 1 is 1.05 bits per heavy atom. The van der Waals surface area contributed by atoms with Gasteiger partial charge >= 0.3 is 0 Å². The molecule has 1 aromatic rings. The molecule has 0 bridgehead atoms. The molecule has 0 fully saturated rings. The van der Waals surface area contributed by atoms with Gasteiger partial charge in [-0.3, -0.25) is 0 Å². The van der Waals surface area contributed by atoms with Gasteiger partial charge in [0.05, 0.1) is 6.61 Å². The summed E-state index contributed by atoms with van der Waals surface area (Å²) in [6.07, 6.45) is 13.4. The highest BCUT2D eigenvalue weighted by atomic mass is 16.5. The summed E-state index contributed by atoms with van der Waals surface area (Å²) in [5, 5.41) is 0. The van der Waals surface area contributed by atoms with Crippen molar-refractivity contribution in [3.63, 3.8) is 0 Å². The average Bonchev–Trinajstić information content (AvgIpc) is 2.53. The molecule has 0 radical (unpaired) electrons. The first-order valence-corrected chi connectivity index (χ1v) is 8.75. The largest absolute Gasteiger partial charge is 0.494 e. The third-order valence-electron chi connectivity index (χ3n) is 4.52. The lowest BCUT2D eigenvalue weighted by molar-refractivity contribution is 0.340. The lowest BCUT2D eigenvalue weighted by Crippen LogP contribution is -2.05. The summed E-state index contributed by atoms with van der Waals surface area (Å²) in [5.74, 6) is 1.90. The Morgan fingerprint density at radius 2 is 1.86 bits per heavy atom. The molecule has 1 aliphatic carbocycles. The van der Waals surface area contributed by atoms with Crippen molar-refractivity contribution < 1.29 is 4.74 Å². The second-order valence-corrected chi connectivity index (χ2v) is 6.18. The molecule has 0 saturated heterocycles. The van der Waals surface area contributed by atoms with Crippen LogP contribution in [0.25, 0.3) is 5.57 Å². The molecule has 0 heterocycles. The van der Waals surface area contributed by atoms with Crippen LogP contribution in [-0.4, -0.2) is 6.61 Å². The van der Waals surface area contributed by atoms with Gasteiger partial charge < -0.3 is 4.74 Å². The molecule has 1 atom stereocenters. The Kier molecular flexibility index (Phi) is 6.85. The quantitative estimate of drug-likeness (QED) is 0.514. The van der Waals surface area contributed by atoms with Crippen LogP contribution in [0.15, 0.2) is 30.3 Å². The molecule has 1 nitrogen and oxygen atoms in total. The lowest BCUT2D eigenvalue weighted by Gasteiger charge is -2.22. The maximum Gasteiger partial charge on any atom is 0.119 e. The summed E-state index contributed by atoms with van der Waals surface area (Å²) in [4.78, 5) is 0. The van der Waals surface area contributed by atoms with Gasteiger partial charge in [-0.05, 0) is 55.4 Å². The van der Waals surface area contributed by atoms with E-state index in [9.17, 15) is 0 Å². The van der Waals surface area contributed by atoms with Crippen molar-refractivity contribution in [2.24, 2.45) is 5.92 Å². The molecule has 1 aliphatic rings. The molecular formula is C20H30O. The number of ether oxygens (including phenoxy) is 1. The first-order chi connectivity index (χ1) is 10.3.